The predicted molar refractivity (Wildman–Crippen MR) is 85.6 cm³/mol. The van der Waals surface area contributed by atoms with Gasteiger partial charge in [-0.05, 0) is 33.4 Å². The van der Waals surface area contributed by atoms with Crippen LogP contribution in [0.5, 0.6) is 0 Å². The van der Waals surface area contributed by atoms with Crippen LogP contribution >= 0.6 is 11.3 Å². The zero-order valence-corrected chi connectivity index (χ0v) is 14.1. The number of rotatable bonds is 5. The van der Waals surface area contributed by atoms with Crippen LogP contribution in [0.15, 0.2) is 10.4 Å². The SMILES string of the molecule is CCNC(=NCc1nc(C(F)(F)F)cs1)NCC1CCCN1C. The molecule has 1 aliphatic rings. The number of likely N-dealkylation sites (N-methyl/N-ethyl adjacent to an activating group) is 1. The van der Waals surface area contributed by atoms with Crippen molar-refractivity contribution in [2.24, 2.45) is 4.99 Å². The van der Waals surface area contributed by atoms with Crippen molar-refractivity contribution in [3.63, 3.8) is 0 Å². The number of halogens is 3. The Labute approximate surface area is 138 Å². The maximum absolute atomic E-state index is 12.5. The van der Waals surface area contributed by atoms with E-state index >= 15 is 0 Å². The second-order valence-electron chi connectivity index (χ2n) is 5.48. The summed E-state index contributed by atoms with van der Waals surface area (Å²) in [6.07, 6.45) is -2.06. The Morgan fingerprint density at radius 3 is 2.83 bits per heavy atom. The van der Waals surface area contributed by atoms with Crippen molar-refractivity contribution in [3.05, 3.63) is 16.1 Å². The predicted octanol–water partition coefficient (Wildman–Crippen LogP) is 2.31. The van der Waals surface area contributed by atoms with Crippen LogP contribution in [0.2, 0.25) is 0 Å². The van der Waals surface area contributed by atoms with Crippen LogP contribution in [0.1, 0.15) is 30.5 Å². The molecule has 0 saturated carbocycles. The monoisotopic (exact) mass is 349 g/mol. The van der Waals surface area contributed by atoms with Crippen LogP contribution in [0.25, 0.3) is 0 Å². The van der Waals surface area contributed by atoms with E-state index < -0.39 is 11.9 Å². The van der Waals surface area contributed by atoms with Gasteiger partial charge in [0.25, 0.3) is 0 Å². The summed E-state index contributed by atoms with van der Waals surface area (Å²) in [7, 11) is 2.09. The maximum Gasteiger partial charge on any atom is 0.434 e. The standard InChI is InChI=1S/C14H22F3N5S/c1-3-18-13(19-7-10-5-4-6-22(10)2)20-8-12-21-11(9-23-12)14(15,16)17/h9-10H,3-8H2,1-2H3,(H2,18,19,20). The van der Waals surface area contributed by atoms with Crippen molar-refractivity contribution in [1.82, 2.24) is 20.5 Å². The van der Waals surface area contributed by atoms with E-state index in [1.54, 1.807) is 0 Å². The molecule has 0 bridgehead atoms. The van der Waals surface area contributed by atoms with Crippen molar-refractivity contribution in [3.8, 4) is 0 Å². The van der Waals surface area contributed by atoms with Gasteiger partial charge in [0.15, 0.2) is 11.7 Å². The Kier molecular flexibility index (Phi) is 6.23. The number of guanidine groups is 1. The first-order valence-corrected chi connectivity index (χ1v) is 8.52. The molecule has 23 heavy (non-hydrogen) atoms. The first kappa shape index (κ1) is 18.0. The zero-order chi connectivity index (χ0) is 16.9. The number of hydrogen-bond donors (Lipinski definition) is 2. The van der Waals surface area contributed by atoms with Crippen LogP contribution in [0.3, 0.4) is 0 Å². The Hall–Kier alpha value is -1.35. The lowest BCUT2D eigenvalue weighted by atomic mass is 10.2. The minimum Gasteiger partial charge on any atom is -0.357 e. The van der Waals surface area contributed by atoms with Gasteiger partial charge in [0.2, 0.25) is 0 Å². The first-order chi connectivity index (χ1) is 10.9. The summed E-state index contributed by atoms with van der Waals surface area (Å²) < 4.78 is 37.6. The molecule has 0 spiro atoms. The van der Waals surface area contributed by atoms with Gasteiger partial charge in [-0.1, -0.05) is 0 Å². The fourth-order valence-electron chi connectivity index (χ4n) is 2.45. The van der Waals surface area contributed by atoms with Gasteiger partial charge in [0.1, 0.15) is 5.01 Å². The minimum absolute atomic E-state index is 0.136. The molecule has 0 aliphatic carbocycles. The van der Waals surface area contributed by atoms with Crippen LogP contribution < -0.4 is 10.6 Å². The molecule has 0 radical (unpaired) electrons. The lowest BCUT2D eigenvalue weighted by molar-refractivity contribution is -0.140. The van der Waals surface area contributed by atoms with E-state index in [2.05, 4.69) is 32.6 Å². The molecule has 0 aromatic carbocycles. The van der Waals surface area contributed by atoms with E-state index in [-0.39, 0.29) is 6.54 Å². The molecular formula is C14H22F3N5S. The summed E-state index contributed by atoms with van der Waals surface area (Å²) >= 11 is 0.978. The Morgan fingerprint density at radius 2 is 2.26 bits per heavy atom. The molecule has 1 aromatic heterocycles. The first-order valence-electron chi connectivity index (χ1n) is 7.64. The zero-order valence-electron chi connectivity index (χ0n) is 13.3. The second-order valence-corrected chi connectivity index (χ2v) is 6.42. The van der Waals surface area contributed by atoms with E-state index in [0.717, 1.165) is 36.2 Å². The summed E-state index contributed by atoms with van der Waals surface area (Å²) in [6, 6.07) is 0.468. The van der Waals surface area contributed by atoms with Gasteiger partial charge in [-0.3, -0.25) is 0 Å². The number of thiazole rings is 1. The molecule has 1 saturated heterocycles. The molecule has 5 nitrogen and oxygen atoms in total. The lowest BCUT2D eigenvalue weighted by Crippen LogP contribution is -2.44. The fraction of sp³-hybridized carbons (Fsp3) is 0.714. The molecule has 1 atom stereocenters. The van der Waals surface area contributed by atoms with E-state index in [4.69, 9.17) is 0 Å². The normalized spacial score (nSPS) is 20.0. The van der Waals surface area contributed by atoms with Gasteiger partial charge in [0.05, 0.1) is 6.54 Å². The van der Waals surface area contributed by atoms with Gasteiger partial charge < -0.3 is 15.5 Å². The molecule has 130 valence electrons. The summed E-state index contributed by atoms with van der Waals surface area (Å²) in [5.41, 5.74) is -0.849. The highest BCUT2D eigenvalue weighted by atomic mass is 32.1. The summed E-state index contributed by atoms with van der Waals surface area (Å²) in [5.74, 6) is 0.608. The number of alkyl halides is 3. The summed E-state index contributed by atoms with van der Waals surface area (Å²) in [4.78, 5) is 10.2. The third kappa shape index (κ3) is 5.35. The van der Waals surface area contributed by atoms with Crippen LogP contribution in [0, 0.1) is 0 Å². The average molecular weight is 349 g/mol. The van der Waals surface area contributed by atoms with Crippen molar-refractivity contribution in [1.29, 1.82) is 0 Å². The van der Waals surface area contributed by atoms with Crippen molar-refractivity contribution in [2.45, 2.75) is 38.5 Å². The van der Waals surface area contributed by atoms with E-state index in [9.17, 15) is 13.2 Å². The van der Waals surface area contributed by atoms with Gasteiger partial charge in [-0.15, -0.1) is 11.3 Å². The van der Waals surface area contributed by atoms with Gasteiger partial charge in [-0.25, -0.2) is 9.98 Å². The average Bonchev–Trinajstić information content (AvgIpc) is 3.10. The third-order valence-electron chi connectivity index (χ3n) is 3.74. The highest BCUT2D eigenvalue weighted by molar-refractivity contribution is 7.09. The highest BCUT2D eigenvalue weighted by Gasteiger charge is 2.33. The van der Waals surface area contributed by atoms with E-state index in [1.807, 2.05) is 6.92 Å². The minimum atomic E-state index is -4.39. The van der Waals surface area contributed by atoms with Gasteiger partial charge >= 0.3 is 6.18 Å². The van der Waals surface area contributed by atoms with Gasteiger partial charge in [-0.2, -0.15) is 13.2 Å². The molecule has 9 heteroatoms. The molecular weight excluding hydrogens is 327 g/mol. The Bertz CT molecular complexity index is 529. The summed E-state index contributed by atoms with van der Waals surface area (Å²) in [6.45, 7) is 4.64. The highest BCUT2D eigenvalue weighted by Crippen LogP contribution is 2.30. The third-order valence-corrected chi connectivity index (χ3v) is 4.57. The quantitative estimate of drug-likeness (QED) is 0.633. The van der Waals surface area contributed by atoms with Crippen LogP contribution in [-0.2, 0) is 12.7 Å². The lowest BCUT2D eigenvalue weighted by Gasteiger charge is -2.21. The molecule has 2 rings (SSSR count). The molecule has 0 amide bonds. The van der Waals surface area contributed by atoms with E-state index in [0.29, 0.717) is 23.6 Å². The van der Waals surface area contributed by atoms with Gasteiger partial charge in [0, 0.05) is 24.5 Å². The van der Waals surface area contributed by atoms with E-state index in [1.165, 1.54) is 6.42 Å². The molecule has 1 aliphatic heterocycles. The number of aliphatic imine (C=N–C) groups is 1. The molecule has 2 N–H and O–H groups in total. The smallest absolute Gasteiger partial charge is 0.357 e. The molecule has 2 heterocycles. The largest absolute Gasteiger partial charge is 0.434 e. The Morgan fingerprint density at radius 1 is 1.48 bits per heavy atom. The molecule has 1 unspecified atom stereocenters. The maximum atomic E-state index is 12.5. The number of nitrogens with zero attached hydrogens (tertiary/aromatic N) is 3. The van der Waals surface area contributed by atoms with Crippen molar-refractivity contribution >= 4 is 17.3 Å². The number of aromatic nitrogens is 1. The molecule has 1 fully saturated rings. The van der Waals surface area contributed by atoms with Crippen molar-refractivity contribution in [2.75, 3.05) is 26.7 Å². The fourth-order valence-corrected chi connectivity index (χ4v) is 3.18. The number of likely N-dealkylation sites (tertiary alicyclic amines) is 1. The Balaban J connectivity index is 1.91. The second kappa shape index (κ2) is 7.96. The number of hydrogen-bond acceptors (Lipinski definition) is 4. The van der Waals surface area contributed by atoms with Crippen LogP contribution in [-0.4, -0.2) is 48.6 Å². The number of nitrogens with one attached hydrogen (secondary N) is 2. The van der Waals surface area contributed by atoms with Crippen LogP contribution in [0.4, 0.5) is 13.2 Å². The van der Waals surface area contributed by atoms with Crippen molar-refractivity contribution < 1.29 is 13.2 Å². The topological polar surface area (TPSA) is 52.6 Å². The summed E-state index contributed by atoms with van der Waals surface area (Å²) in [5, 5.41) is 7.74. The molecule has 1 aromatic rings.